The van der Waals surface area contributed by atoms with E-state index in [1.165, 1.54) is 13.0 Å². The molecule has 122 valence electrons. The van der Waals surface area contributed by atoms with Crippen LogP contribution in [0.3, 0.4) is 0 Å². The van der Waals surface area contributed by atoms with Crippen LogP contribution in [0.2, 0.25) is 0 Å². The topological polar surface area (TPSA) is 108 Å². The average Bonchev–Trinajstić information content (AvgIpc) is 2.86. The van der Waals surface area contributed by atoms with Crippen molar-refractivity contribution in [3.05, 3.63) is 45.2 Å². The van der Waals surface area contributed by atoms with Gasteiger partial charge in [-0.15, -0.1) is 0 Å². The van der Waals surface area contributed by atoms with Crippen molar-refractivity contribution in [3.8, 4) is 5.75 Å². The fourth-order valence-corrected chi connectivity index (χ4v) is 2.10. The summed E-state index contributed by atoms with van der Waals surface area (Å²) in [7, 11) is 0. The van der Waals surface area contributed by atoms with Crippen molar-refractivity contribution in [3.63, 3.8) is 0 Å². The maximum Gasteiger partial charge on any atom is 0.311 e. The van der Waals surface area contributed by atoms with Gasteiger partial charge >= 0.3 is 5.69 Å². The number of ether oxygens (including phenoxy) is 1. The summed E-state index contributed by atoms with van der Waals surface area (Å²) in [6.07, 6.45) is -0.938. The van der Waals surface area contributed by atoms with Crippen molar-refractivity contribution in [1.29, 1.82) is 0 Å². The molecule has 0 fully saturated rings. The van der Waals surface area contributed by atoms with Gasteiger partial charge in [-0.05, 0) is 38.8 Å². The number of carbonyl (C=O) groups excluding carboxylic acids is 1. The van der Waals surface area contributed by atoms with Gasteiger partial charge in [-0.2, -0.15) is 0 Å². The molecule has 0 spiro atoms. The molecule has 0 saturated carbocycles. The predicted molar refractivity (Wildman–Crippen MR) is 82.5 cm³/mol. The van der Waals surface area contributed by atoms with Crippen LogP contribution in [-0.2, 0) is 4.79 Å². The molecule has 1 aromatic carbocycles. The van der Waals surface area contributed by atoms with E-state index < -0.39 is 16.9 Å². The molecule has 1 heterocycles. The lowest BCUT2D eigenvalue weighted by atomic mass is 10.1. The number of carbonyl (C=O) groups is 1. The Morgan fingerprint density at radius 1 is 1.35 bits per heavy atom. The maximum atomic E-state index is 12.1. The number of nitro groups is 1. The van der Waals surface area contributed by atoms with E-state index in [0.717, 1.165) is 5.56 Å². The van der Waals surface area contributed by atoms with Gasteiger partial charge in [0, 0.05) is 12.1 Å². The highest BCUT2D eigenvalue weighted by atomic mass is 16.6. The van der Waals surface area contributed by atoms with Gasteiger partial charge in [0.05, 0.1) is 4.92 Å². The zero-order chi connectivity index (χ0) is 17.1. The third-order valence-corrected chi connectivity index (χ3v) is 3.14. The second-order valence-corrected chi connectivity index (χ2v) is 5.26. The fraction of sp³-hybridized carbons (Fsp3) is 0.333. The molecule has 23 heavy (non-hydrogen) atoms. The molecule has 1 aromatic heterocycles. The van der Waals surface area contributed by atoms with Gasteiger partial charge in [-0.3, -0.25) is 14.9 Å². The Hall–Kier alpha value is -2.90. The van der Waals surface area contributed by atoms with Crippen molar-refractivity contribution < 1.29 is 19.0 Å². The number of rotatable bonds is 5. The van der Waals surface area contributed by atoms with Crippen LogP contribution in [-0.4, -0.2) is 22.1 Å². The van der Waals surface area contributed by atoms with E-state index in [4.69, 9.17) is 9.26 Å². The van der Waals surface area contributed by atoms with E-state index in [1.807, 2.05) is 0 Å². The van der Waals surface area contributed by atoms with Crippen molar-refractivity contribution in [2.24, 2.45) is 0 Å². The van der Waals surface area contributed by atoms with Crippen molar-refractivity contribution >= 4 is 17.4 Å². The highest BCUT2D eigenvalue weighted by molar-refractivity contribution is 5.93. The van der Waals surface area contributed by atoms with Gasteiger partial charge in [0.25, 0.3) is 5.91 Å². The van der Waals surface area contributed by atoms with E-state index in [1.54, 1.807) is 32.9 Å². The van der Waals surface area contributed by atoms with Gasteiger partial charge in [0.15, 0.2) is 11.9 Å². The minimum absolute atomic E-state index is 0.0829. The highest BCUT2D eigenvalue weighted by Crippen LogP contribution is 2.32. The number of hydrogen-bond donors (Lipinski definition) is 1. The molecule has 1 atom stereocenters. The molecule has 0 bridgehead atoms. The Balaban J connectivity index is 2.18. The zero-order valence-electron chi connectivity index (χ0n) is 13.2. The molecule has 0 radical (unpaired) electrons. The summed E-state index contributed by atoms with van der Waals surface area (Å²) in [6, 6.07) is 4.73. The van der Waals surface area contributed by atoms with Crippen LogP contribution >= 0.6 is 0 Å². The van der Waals surface area contributed by atoms with Crippen molar-refractivity contribution in [1.82, 2.24) is 5.16 Å². The lowest BCUT2D eigenvalue weighted by molar-refractivity contribution is -0.386. The number of benzene rings is 1. The van der Waals surface area contributed by atoms with Crippen molar-refractivity contribution in [2.45, 2.75) is 33.8 Å². The molecule has 0 aliphatic heterocycles. The van der Waals surface area contributed by atoms with Gasteiger partial charge in [0.2, 0.25) is 5.75 Å². The minimum atomic E-state index is -0.938. The molecule has 0 aliphatic carbocycles. The molecule has 8 nitrogen and oxygen atoms in total. The van der Waals surface area contributed by atoms with E-state index in [2.05, 4.69) is 10.5 Å². The summed E-state index contributed by atoms with van der Waals surface area (Å²) < 4.78 is 10.4. The predicted octanol–water partition coefficient (Wildman–Crippen LogP) is 2.91. The Bertz CT molecular complexity index is 754. The first-order chi connectivity index (χ1) is 10.8. The number of amides is 1. The number of aryl methyl sites for hydroxylation is 3. The summed E-state index contributed by atoms with van der Waals surface area (Å²) in [5.74, 6) is 0.420. The van der Waals surface area contributed by atoms with Crippen LogP contribution in [0.5, 0.6) is 5.75 Å². The van der Waals surface area contributed by atoms with Gasteiger partial charge in [-0.1, -0.05) is 11.2 Å². The van der Waals surface area contributed by atoms with Crippen LogP contribution < -0.4 is 10.1 Å². The number of aromatic nitrogens is 1. The number of nitro benzene ring substituents is 1. The summed E-state index contributed by atoms with van der Waals surface area (Å²) in [6.45, 7) is 6.65. The maximum absolute atomic E-state index is 12.1. The first-order valence-electron chi connectivity index (χ1n) is 6.94. The van der Waals surface area contributed by atoms with Gasteiger partial charge < -0.3 is 14.6 Å². The van der Waals surface area contributed by atoms with Gasteiger partial charge in [0.1, 0.15) is 5.76 Å². The fourth-order valence-electron chi connectivity index (χ4n) is 2.10. The lowest BCUT2D eigenvalue weighted by Crippen LogP contribution is -2.30. The second kappa shape index (κ2) is 6.47. The summed E-state index contributed by atoms with van der Waals surface area (Å²) >= 11 is 0. The number of nitrogens with one attached hydrogen (secondary N) is 1. The van der Waals surface area contributed by atoms with Crippen LogP contribution in [0.15, 0.2) is 22.7 Å². The highest BCUT2D eigenvalue weighted by Gasteiger charge is 2.24. The Morgan fingerprint density at radius 3 is 2.61 bits per heavy atom. The minimum Gasteiger partial charge on any atom is -0.473 e. The third-order valence-electron chi connectivity index (χ3n) is 3.14. The summed E-state index contributed by atoms with van der Waals surface area (Å²) in [5, 5.41) is 17.3. The largest absolute Gasteiger partial charge is 0.473 e. The molecular formula is C15H17N3O5. The molecule has 0 unspecified atom stereocenters. The third kappa shape index (κ3) is 3.85. The number of nitrogens with zero attached hydrogens (tertiary/aromatic N) is 2. The average molecular weight is 319 g/mol. The van der Waals surface area contributed by atoms with Crippen LogP contribution in [0.1, 0.15) is 23.8 Å². The lowest BCUT2D eigenvalue weighted by Gasteiger charge is -2.15. The first-order valence-corrected chi connectivity index (χ1v) is 6.94. The molecule has 8 heteroatoms. The summed E-state index contributed by atoms with van der Waals surface area (Å²) in [4.78, 5) is 22.7. The monoisotopic (exact) mass is 319 g/mol. The Labute approximate surface area is 132 Å². The van der Waals surface area contributed by atoms with E-state index in [0.29, 0.717) is 11.3 Å². The Kier molecular flexibility index (Phi) is 4.63. The van der Waals surface area contributed by atoms with Gasteiger partial charge in [-0.25, -0.2) is 0 Å². The quantitative estimate of drug-likeness (QED) is 0.670. The molecule has 1 amide bonds. The molecule has 0 aliphatic rings. The standard InChI is InChI=1S/C15H17N3O5/c1-8-5-9(2)14(12(6-8)18(20)21)22-11(4)15(19)16-13-7-10(3)23-17-13/h5-7,11H,1-4H3,(H,16,17,19)/t11-/m0/s1. The molecular weight excluding hydrogens is 302 g/mol. The van der Waals surface area contributed by atoms with E-state index >= 15 is 0 Å². The zero-order valence-corrected chi connectivity index (χ0v) is 13.2. The van der Waals surface area contributed by atoms with E-state index in [-0.39, 0.29) is 17.3 Å². The molecule has 0 saturated heterocycles. The second-order valence-electron chi connectivity index (χ2n) is 5.26. The van der Waals surface area contributed by atoms with Crippen LogP contribution in [0, 0.1) is 30.9 Å². The smallest absolute Gasteiger partial charge is 0.311 e. The van der Waals surface area contributed by atoms with Crippen LogP contribution in [0.25, 0.3) is 0 Å². The molecule has 2 aromatic rings. The van der Waals surface area contributed by atoms with Crippen LogP contribution in [0.4, 0.5) is 11.5 Å². The normalized spacial score (nSPS) is 11.8. The molecule has 2 rings (SSSR count). The summed E-state index contributed by atoms with van der Waals surface area (Å²) in [5.41, 5.74) is 1.17. The first kappa shape index (κ1) is 16.5. The van der Waals surface area contributed by atoms with Crippen molar-refractivity contribution in [2.75, 3.05) is 5.32 Å². The Morgan fingerprint density at radius 2 is 2.04 bits per heavy atom. The SMILES string of the molecule is Cc1cc(C)c(O[C@@H](C)C(=O)Nc2cc(C)on2)c([N+](=O)[O-])c1. The number of hydrogen-bond acceptors (Lipinski definition) is 6. The van der Waals surface area contributed by atoms with E-state index in [9.17, 15) is 14.9 Å². The number of anilines is 1. The molecule has 1 N–H and O–H groups in total.